The van der Waals surface area contributed by atoms with Gasteiger partial charge in [0.05, 0.1) is 20.6 Å². The standard InChI is InChI=1S/C11H23N3O2/c1-14(2)9-7-5-3-4-6-8-12-11(15)10-13-16/h10,16H,3-9H2,1-2H3,(H,12,15)/p+1/b13-10+. The van der Waals surface area contributed by atoms with Crippen molar-refractivity contribution in [2.24, 2.45) is 5.16 Å². The van der Waals surface area contributed by atoms with Gasteiger partial charge in [0.25, 0.3) is 5.91 Å². The second kappa shape index (κ2) is 10.4. The first-order valence-electron chi connectivity index (χ1n) is 5.91. The molecular formula is C11H24N3O2+. The van der Waals surface area contributed by atoms with Crippen molar-refractivity contribution < 1.29 is 14.9 Å². The molecular weight excluding hydrogens is 206 g/mol. The molecule has 16 heavy (non-hydrogen) atoms. The lowest BCUT2D eigenvalue weighted by Crippen LogP contribution is -3.05. The van der Waals surface area contributed by atoms with E-state index in [0.717, 1.165) is 19.1 Å². The van der Waals surface area contributed by atoms with Crippen LogP contribution in [0.25, 0.3) is 0 Å². The zero-order valence-electron chi connectivity index (χ0n) is 10.3. The van der Waals surface area contributed by atoms with E-state index >= 15 is 0 Å². The van der Waals surface area contributed by atoms with Gasteiger partial charge in [0, 0.05) is 6.54 Å². The quantitative estimate of drug-likeness (QED) is 0.219. The first kappa shape index (κ1) is 14.9. The van der Waals surface area contributed by atoms with Crippen LogP contribution < -0.4 is 10.2 Å². The summed E-state index contributed by atoms with van der Waals surface area (Å²) in [5.74, 6) is -0.335. The zero-order chi connectivity index (χ0) is 12.2. The molecule has 0 fully saturated rings. The van der Waals surface area contributed by atoms with E-state index in [4.69, 9.17) is 5.21 Å². The van der Waals surface area contributed by atoms with Crippen LogP contribution in [-0.2, 0) is 4.79 Å². The normalized spacial score (nSPS) is 11.2. The van der Waals surface area contributed by atoms with E-state index in [2.05, 4.69) is 24.6 Å². The van der Waals surface area contributed by atoms with Gasteiger partial charge in [-0.2, -0.15) is 0 Å². The Kier molecular flexibility index (Phi) is 9.70. The first-order valence-corrected chi connectivity index (χ1v) is 5.91. The predicted octanol–water partition coefficient (Wildman–Crippen LogP) is -0.342. The maximum atomic E-state index is 10.8. The third-order valence-corrected chi connectivity index (χ3v) is 2.33. The van der Waals surface area contributed by atoms with Gasteiger partial charge in [-0.15, -0.1) is 0 Å². The molecule has 5 heteroatoms. The summed E-state index contributed by atoms with van der Waals surface area (Å²) in [6, 6.07) is 0. The largest absolute Gasteiger partial charge is 0.411 e. The third kappa shape index (κ3) is 11.0. The van der Waals surface area contributed by atoms with Crippen LogP contribution in [0.1, 0.15) is 32.1 Å². The fourth-order valence-corrected chi connectivity index (χ4v) is 1.44. The van der Waals surface area contributed by atoms with Crippen LogP contribution in [0.5, 0.6) is 0 Å². The van der Waals surface area contributed by atoms with Crippen molar-refractivity contribution in [3.63, 3.8) is 0 Å². The molecule has 1 amide bonds. The second-order valence-corrected chi connectivity index (χ2v) is 4.26. The Morgan fingerprint density at radius 3 is 2.50 bits per heavy atom. The average Bonchev–Trinajstić information content (AvgIpc) is 2.22. The van der Waals surface area contributed by atoms with E-state index in [1.54, 1.807) is 0 Å². The molecule has 0 aliphatic carbocycles. The number of hydrogen-bond acceptors (Lipinski definition) is 3. The van der Waals surface area contributed by atoms with Gasteiger partial charge < -0.3 is 15.4 Å². The summed E-state index contributed by atoms with van der Waals surface area (Å²) in [6.45, 7) is 1.88. The van der Waals surface area contributed by atoms with Crippen molar-refractivity contribution in [1.29, 1.82) is 0 Å². The van der Waals surface area contributed by atoms with Crippen LogP contribution in [0, 0.1) is 0 Å². The molecule has 94 valence electrons. The predicted molar refractivity (Wildman–Crippen MR) is 64.1 cm³/mol. The summed E-state index contributed by atoms with van der Waals surface area (Å²) >= 11 is 0. The fourth-order valence-electron chi connectivity index (χ4n) is 1.44. The maximum absolute atomic E-state index is 10.8. The summed E-state index contributed by atoms with van der Waals surface area (Å²) in [4.78, 5) is 12.3. The van der Waals surface area contributed by atoms with Crippen LogP contribution in [0.2, 0.25) is 0 Å². The Labute approximate surface area is 97.5 Å². The van der Waals surface area contributed by atoms with Gasteiger partial charge in [-0.05, 0) is 19.3 Å². The summed E-state index contributed by atoms with van der Waals surface area (Å²) in [5, 5.41) is 13.4. The first-order chi connectivity index (χ1) is 7.66. The highest BCUT2D eigenvalue weighted by atomic mass is 16.4. The lowest BCUT2D eigenvalue weighted by atomic mass is 10.1. The Balaban J connectivity index is 3.13. The highest BCUT2D eigenvalue weighted by Crippen LogP contribution is 2.00. The minimum absolute atomic E-state index is 0.335. The Bertz CT molecular complexity index is 205. The van der Waals surface area contributed by atoms with Crippen molar-refractivity contribution in [3.8, 4) is 0 Å². The highest BCUT2D eigenvalue weighted by Gasteiger charge is 1.96. The smallest absolute Gasteiger partial charge is 0.265 e. The SMILES string of the molecule is C[NH+](C)CCCCCCCNC(=O)/C=N/O. The zero-order valence-corrected chi connectivity index (χ0v) is 10.3. The Morgan fingerprint density at radius 1 is 1.25 bits per heavy atom. The fraction of sp³-hybridized carbons (Fsp3) is 0.818. The number of rotatable bonds is 9. The summed E-state index contributed by atoms with van der Waals surface area (Å²) in [5.41, 5.74) is 0. The van der Waals surface area contributed by atoms with Crippen LogP contribution in [0.4, 0.5) is 0 Å². The van der Waals surface area contributed by atoms with Crippen LogP contribution in [-0.4, -0.2) is 44.5 Å². The number of carbonyl (C=O) groups excluding carboxylic acids is 1. The minimum atomic E-state index is -0.335. The number of nitrogens with one attached hydrogen (secondary N) is 2. The molecule has 0 saturated heterocycles. The number of nitrogens with zero attached hydrogens (tertiary/aromatic N) is 1. The summed E-state index contributed by atoms with van der Waals surface area (Å²) in [6.07, 6.45) is 6.75. The van der Waals surface area contributed by atoms with Gasteiger partial charge in [0.2, 0.25) is 0 Å². The monoisotopic (exact) mass is 230 g/mol. The highest BCUT2D eigenvalue weighted by molar-refractivity contribution is 6.25. The molecule has 0 aliphatic rings. The Morgan fingerprint density at radius 2 is 1.88 bits per heavy atom. The second-order valence-electron chi connectivity index (χ2n) is 4.26. The van der Waals surface area contributed by atoms with E-state index in [1.165, 1.54) is 30.7 Å². The molecule has 0 aliphatic heterocycles. The van der Waals surface area contributed by atoms with Gasteiger partial charge in [0.15, 0.2) is 0 Å². The third-order valence-electron chi connectivity index (χ3n) is 2.33. The van der Waals surface area contributed by atoms with E-state index in [0.29, 0.717) is 6.54 Å². The van der Waals surface area contributed by atoms with Crippen molar-refractivity contribution in [3.05, 3.63) is 0 Å². The number of hydrogen-bond donors (Lipinski definition) is 3. The molecule has 0 radical (unpaired) electrons. The average molecular weight is 230 g/mol. The van der Waals surface area contributed by atoms with Gasteiger partial charge in [-0.3, -0.25) is 4.79 Å². The molecule has 0 heterocycles. The number of amides is 1. The maximum Gasteiger partial charge on any atom is 0.265 e. The molecule has 0 aromatic carbocycles. The molecule has 0 aromatic heterocycles. The minimum Gasteiger partial charge on any atom is -0.411 e. The number of carbonyl (C=O) groups is 1. The van der Waals surface area contributed by atoms with Crippen LogP contribution in [0.15, 0.2) is 5.16 Å². The number of oxime groups is 1. The molecule has 3 N–H and O–H groups in total. The number of quaternary nitrogens is 1. The molecule has 0 spiro atoms. The van der Waals surface area contributed by atoms with Crippen molar-refractivity contribution in [2.45, 2.75) is 32.1 Å². The van der Waals surface area contributed by atoms with E-state index in [1.807, 2.05) is 0 Å². The van der Waals surface area contributed by atoms with E-state index in [-0.39, 0.29) is 5.91 Å². The summed E-state index contributed by atoms with van der Waals surface area (Å²) in [7, 11) is 4.33. The van der Waals surface area contributed by atoms with Crippen molar-refractivity contribution in [2.75, 3.05) is 27.2 Å². The molecule has 0 atom stereocenters. The van der Waals surface area contributed by atoms with E-state index < -0.39 is 0 Å². The molecule has 0 bridgehead atoms. The summed E-state index contributed by atoms with van der Waals surface area (Å²) < 4.78 is 0. The lowest BCUT2D eigenvalue weighted by molar-refractivity contribution is -0.858. The van der Waals surface area contributed by atoms with E-state index in [9.17, 15) is 4.79 Å². The molecule has 0 rings (SSSR count). The van der Waals surface area contributed by atoms with Crippen LogP contribution >= 0.6 is 0 Å². The van der Waals surface area contributed by atoms with Crippen molar-refractivity contribution in [1.82, 2.24) is 5.32 Å². The molecule has 0 unspecified atom stereocenters. The van der Waals surface area contributed by atoms with Gasteiger partial charge in [0.1, 0.15) is 6.21 Å². The van der Waals surface area contributed by atoms with Gasteiger partial charge >= 0.3 is 0 Å². The van der Waals surface area contributed by atoms with Crippen molar-refractivity contribution >= 4 is 12.1 Å². The molecule has 5 nitrogen and oxygen atoms in total. The molecule has 0 aromatic rings. The Hall–Kier alpha value is -1.10. The number of unbranched alkanes of at least 4 members (excludes halogenated alkanes) is 4. The molecule has 0 saturated carbocycles. The van der Waals surface area contributed by atoms with Crippen LogP contribution in [0.3, 0.4) is 0 Å². The van der Waals surface area contributed by atoms with Gasteiger partial charge in [-0.25, -0.2) is 0 Å². The topological polar surface area (TPSA) is 66.1 Å². The lowest BCUT2D eigenvalue weighted by Gasteiger charge is -2.06. The van der Waals surface area contributed by atoms with Gasteiger partial charge in [-0.1, -0.05) is 18.0 Å².